The zero-order chi connectivity index (χ0) is 16.3. The molecule has 1 aromatic carbocycles. The van der Waals surface area contributed by atoms with Gasteiger partial charge in [-0.15, -0.1) is 0 Å². The zero-order valence-electron chi connectivity index (χ0n) is 12.6. The minimum Gasteiger partial charge on any atom is -0.481 e. The van der Waals surface area contributed by atoms with Crippen molar-refractivity contribution in [1.82, 2.24) is 5.32 Å². The summed E-state index contributed by atoms with van der Waals surface area (Å²) in [5.74, 6) is -0.853. The predicted molar refractivity (Wildman–Crippen MR) is 83.0 cm³/mol. The summed E-state index contributed by atoms with van der Waals surface area (Å²) in [6.07, 6.45) is 0.314. The molecule has 22 heavy (non-hydrogen) atoms. The summed E-state index contributed by atoms with van der Waals surface area (Å²) in [4.78, 5) is 23.1. The first-order valence-corrected chi connectivity index (χ1v) is 7.70. The van der Waals surface area contributed by atoms with E-state index in [9.17, 15) is 9.59 Å². The van der Waals surface area contributed by atoms with Crippen molar-refractivity contribution >= 4 is 23.5 Å². The van der Waals surface area contributed by atoms with Crippen molar-refractivity contribution in [3.05, 3.63) is 29.3 Å². The van der Waals surface area contributed by atoms with Crippen molar-refractivity contribution < 1.29 is 19.4 Å². The van der Waals surface area contributed by atoms with E-state index in [0.29, 0.717) is 23.6 Å². The van der Waals surface area contributed by atoms with Gasteiger partial charge in [0.1, 0.15) is 5.75 Å². The van der Waals surface area contributed by atoms with Gasteiger partial charge in [0.25, 0.3) is 5.91 Å². The highest BCUT2D eigenvalue weighted by atomic mass is 35.5. The van der Waals surface area contributed by atoms with E-state index in [1.165, 1.54) is 0 Å². The van der Waals surface area contributed by atoms with E-state index in [-0.39, 0.29) is 23.8 Å². The Kier molecular flexibility index (Phi) is 5.29. The van der Waals surface area contributed by atoms with Crippen LogP contribution in [-0.4, -0.2) is 29.1 Å². The van der Waals surface area contributed by atoms with Gasteiger partial charge in [0.2, 0.25) is 0 Å². The summed E-state index contributed by atoms with van der Waals surface area (Å²) in [5.41, 5.74) is 0. The smallest absolute Gasteiger partial charge is 0.306 e. The Labute approximate surface area is 134 Å². The molecule has 2 N–H and O–H groups in total. The first kappa shape index (κ1) is 16.6. The van der Waals surface area contributed by atoms with Crippen molar-refractivity contribution in [3.63, 3.8) is 0 Å². The molecule has 1 atom stereocenters. The van der Waals surface area contributed by atoms with Gasteiger partial charge in [-0.05, 0) is 37.0 Å². The van der Waals surface area contributed by atoms with Crippen LogP contribution in [0.5, 0.6) is 5.75 Å². The molecular formula is C16H20ClNO4. The average molecular weight is 326 g/mol. The summed E-state index contributed by atoms with van der Waals surface area (Å²) >= 11 is 5.91. The Morgan fingerprint density at radius 3 is 2.59 bits per heavy atom. The van der Waals surface area contributed by atoms with Gasteiger partial charge in [-0.1, -0.05) is 31.5 Å². The van der Waals surface area contributed by atoms with E-state index in [2.05, 4.69) is 5.32 Å². The first-order valence-electron chi connectivity index (χ1n) is 7.32. The predicted octanol–water partition coefficient (Wildman–Crippen LogP) is 2.72. The summed E-state index contributed by atoms with van der Waals surface area (Å²) in [7, 11) is 0. The van der Waals surface area contributed by atoms with Crippen LogP contribution in [0.2, 0.25) is 5.02 Å². The fourth-order valence-electron chi connectivity index (χ4n) is 2.40. The lowest BCUT2D eigenvalue weighted by Crippen LogP contribution is -2.51. The van der Waals surface area contributed by atoms with Crippen LogP contribution >= 0.6 is 11.6 Å². The Hall–Kier alpha value is -1.75. The number of nitrogens with one attached hydrogen (secondary N) is 1. The highest BCUT2D eigenvalue weighted by molar-refractivity contribution is 6.30. The molecule has 1 fully saturated rings. The van der Waals surface area contributed by atoms with E-state index in [4.69, 9.17) is 21.4 Å². The molecule has 5 nitrogen and oxygen atoms in total. The fourth-order valence-corrected chi connectivity index (χ4v) is 2.58. The minimum absolute atomic E-state index is 0.0191. The molecule has 0 aliphatic heterocycles. The highest BCUT2D eigenvalue weighted by Gasteiger charge is 2.37. The number of halogens is 1. The average Bonchev–Trinajstić information content (AvgIpc) is 2.38. The van der Waals surface area contributed by atoms with Crippen LogP contribution in [0, 0.1) is 11.8 Å². The third-order valence-electron chi connectivity index (χ3n) is 3.76. The standard InChI is InChI=1S/C16H20ClNO4/c1-9(2)14(22-13-5-3-4-11(17)8-13)15(19)18-12-6-10(7-12)16(20)21/h3-5,8-10,12,14H,6-7H2,1-2H3,(H,18,19)(H,20,21). The first-order chi connectivity index (χ1) is 10.4. The molecule has 0 bridgehead atoms. The molecule has 0 heterocycles. The summed E-state index contributed by atoms with van der Waals surface area (Å²) < 4.78 is 5.75. The van der Waals surface area contributed by atoms with E-state index >= 15 is 0 Å². The van der Waals surface area contributed by atoms with Gasteiger partial charge < -0.3 is 15.2 Å². The lowest BCUT2D eigenvalue weighted by atomic mass is 9.80. The van der Waals surface area contributed by atoms with Crippen LogP contribution in [-0.2, 0) is 9.59 Å². The summed E-state index contributed by atoms with van der Waals surface area (Å²) in [6.45, 7) is 3.80. The second-order valence-electron chi connectivity index (χ2n) is 5.95. The molecule has 1 amide bonds. The molecule has 0 spiro atoms. The van der Waals surface area contributed by atoms with Crippen molar-refractivity contribution in [1.29, 1.82) is 0 Å². The molecule has 6 heteroatoms. The van der Waals surface area contributed by atoms with E-state index in [1.807, 2.05) is 13.8 Å². The number of carboxylic acid groups (broad SMARTS) is 1. The van der Waals surface area contributed by atoms with Gasteiger partial charge in [-0.2, -0.15) is 0 Å². The number of aliphatic carboxylic acids is 1. The quantitative estimate of drug-likeness (QED) is 0.843. The lowest BCUT2D eigenvalue weighted by molar-refractivity contribution is -0.146. The number of hydrogen-bond acceptors (Lipinski definition) is 3. The van der Waals surface area contributed by atoms with Crippen LogP contribution in [0.15, 0.2) is 24.3 Å². The van der Waals surface area contributed by atoms with Crippen molar-refractivity contribution in [2.75, 3.05) is 0 Å². The van der Waals surface area contributed by atoms with Crippen molar-refractivity contribution in [2.45, 2.75) is 38.8 Å². The number of hydrogen-bond donors (Lipinski definition) is 2. The molecular weight excluding hydrogens is 306 g/mol. The number of carbonyl (C=O) groups is 2. The van der Waals surface area contributed by atoms with Crippen molar-refractivity contribution in [3.8, 4) is 5.75 Å². The SMILES string of the molecule is CC(C)C(Oc1cccc(Cl)c1)C(=O)NC1CC(C(=O)O)C1. The molecule has 0 aromatic heterocycles. The van der Waals surface area contributed by atoms with Gasteiger partial charge in [0.15, 0.2) is 6.10 Å². The largest absolute Gasteiger partial charge is 0.481 e. The molecule has 1 aromatic rings. The molecule has 1 saturated carbocycles. The Morgan fingerprint density at radius 1 is 1.36 bits per heavy atom. The van der Waals surface area contributed by atoms with Crippen LogP contribution in [0.25, 0.3) is 0 Å². The van der Waals surface area contributed by atoms with Crippen molar-refractivity contribution in [2.24, 2.45) is 11.8 Å². The maximum atomic E-state index is 12.3. The topological polar surface area (TPSA) is 75.6 Å². The third kappa shape index (κ3) is 4.13. The van der Waals surface area contributed by atoms with E-state index in [1.54, 1.807) is 24.3 Å². The molecule has 1 aliphatic rings. The van der Waals surface area contributed by atoms with Gasteiger partial charge in [-0.25, -0.2) is 0 Å². The number of benzene rings is 1. The number of ether oxygens (including phenoxy) is 1. The number of carboxylic acids is 1. The van der Waals surface area contributed by atoms with Gasteiger partial charge in [-0.3, -0.25) is 9.59 Å². The molecule has 120 valence electrons. The van der Waals surface area contributed by atoms with Crippen LogP contribution < -0.4 is 10.1 Å². The maximum absolute atomic E-state index is 12.3. The van der Waals surface area contributed by atoms with Gasteiger partial charge in [0, 0.05) is 11.1 Å². The Bertz CT molecular complexity index is 555. The molecule has 1 unspecified atom stereocenters. The lowest BCUT2D eigenvalue weighted by Gasteiger charge is -2.34. The minimum atomic E-state index is -0.805. The zero-order valence-corrected chi connectivity index (χ0v) is 13.3. The van der Waals surface area contributed by atoms with Crippen LogP contribution in [0.1, 0.15) is 26.7 Å². The third-order valence-corrected chi connectivity index (χ3v) is 3.99. The molecule has 2 rings (SSSR count). The maximum Gasteiger partial charge on any atom is 0.306 e. The molecule has 0 radical (unpaired) electrons. The van der Waals surface area contributed by atoms with Crippen LogP contribution in [0.4, 0.5) is 0 Å². The van der Waals surface area contributed by atoms with Crippen LogP contribution in [0.3, 0.4) is 0 Å². The summed E-state index contributed by atoms with van der Waals surface area (Å²) in [6, 6.07) is 6.82. The van der Waals surface area contributed by atoms with Gasteiger partial charge >= 0.3 is 5.97 Å². The monoisotopic (exact) mass is 325 g/mol. The second-order valence-corrected chi connectivity index (χ2v) is 6.39. The Morgan fingerprint density at radius 2 is 2.05 bits per heavy atom. The fraction of sp³-hybridized carbons (Fsp3) is 0.500. The van der Waals surface area contributed by atoms with E-state index in [0.717, 1.165) is 0 Å². The van der Waals surface area contributed by atoms with E-state index < -0.39 is 12.1 Å². The normalized spacial score (nSPS) is 21.8. The summed E-state index contributed by atoms with van der Waals surface area (Å²) in [5, 5.41) is 12.3. The number of amides is 1. The second kappa shape index (κ2) is 7.01. The highest BCUT2D eigenvalue weighted by Crippen LogP contribution is 2.28. The molecule has 0 saturated heterocycles. The number of carbonyl (C=O) groups excluding carboxylic acids is 1. The van der Waals surface area contributed by atoms with Gasteiger partial charge in [0.05, 0.1) is 5.92 Å². The Balaban J connectivity index is 1.93. The molecule has 1 aliphatic carbocycles. The number of rotatable bonds is 6.